The highest BCUT2D eigenvalue weighted by molar-refractivity contribution is 6.24. The van der Waals surface area contributed by atoms with Crippen LogP contribution in [0, 0.1) is 5.82 Å². The van der Waals surface area contributed by atoms with Gasteiger partial charge in [-0.15, -0.1) is 0 Å². The molecule has 0 amide bonds. The van der Waals surface area contributed by atoms with Gasteiger partial charge in [-0.1, -0.05) is 18.2 Å². The number of nitrogens with one attached hydrogen (secondary N) is 1. The first-order valence-electron chi connectivity index (χ1n) is 9.68. The lowest BCUT2D eigenvalue weighted by molar-refractivity contribution is 0.0978. The highest BCUT2D eigenvalue weighted by atomic mass is 19.1. The Morgan fingerprint density at radius 1 is 0.719 bits per heavy atom. The first kappa shape index (κ1) is 19.4. The number of ketones is 2. The lowest BCUT2D eigenvalue weighted by atomic mass is 10.00. The number of hydrogen-bond acceptors (Lipinski definition) is 7. The molecule has 0 unspecified atom stereocenters. The summed E-state index contributed by atoms with van der Waals surface area (Å²) in [5.41, 5.74) is 1.81. The molecule has 1 N–H and O–H groups in total. The van der Waals surface area contributed by atoms with E-state index in [0.717, 1.165) is 6.08 Å². The molecule has 1 aliphatic carbocycles. The predicted molar refractivity (Wildman–Crippen MR) is 115 cm³/mol. The molecule has 0 spiro atoms. The smallest absolute Gasteiger partial charge is 0.230 e. The standard InChI is InChI=1S/C24H14FN5O2/c25-14-6-5-7-15(12-14)28-18-13-19(31)22-23(24(18)32)30-21(17-9-2-4-11-27-17)20(29-22)16-8-1-3-10-26-16/h1-13,28H. The molecule has 0 saturated heterocycles. The Morgan fingerprint density at radius 3 is 1.97 bits per heavy atom. The average Bonchev–Trinajstić information content (AvgIpc) is 2.83. The number of halogens is 1. The first-order chi connectivity index (χ1) is 15.6. The molecule has 0 fully saturated rings. The molecule has 7 nitrogen and oxygen atoms in total. The third kappa shape index (κ3) is 3.54. The van der Waals surface area contributed by atoms with Crippen molar-refractivity contribution in [2.45, 2.75) is 0 Å². The second kappa shape index (κ2) is 7.92. The van der Waals surface area contributed by atoms with Crippen molar-refractivity contribution in [2.75, 3.05) is 5.32 Å². The van der Waals surface area contributed by atoms with Gasteiger partial charge in [-0.3, -0.25) is 19.6 Å². The van der Waals surface area contributed by atoms with E-state index >= 15 is 0 Å². The Labute approximate surface area is 181 Å². The number of allylic oxidation sites excluding steroid dienone is 2. The summed E-state index contributed by atoms with van der Waals surface area (Å²) in [4.78, 5) is 43.6. The van der Waals surface area contributed by atoms with Crippen LogP contribution in [0.1, 0.15) is 21.0 Å². The number of hydrogen-bond donors (Lipinski definition) is 1. The van der Waals surface area contributed by atoms with Gasteiger partial charge in [0.25, 0.3) is 0 Å². The van der Waals surface area contributed by atoms with E-state index in [0.29, 0.717) is 28.5 Å². The molecule has 1 aliphatic rings. The molecule has 0 aliphatic heterocycles. The summed E-state index contributed by atoms with van der Waals surface area (Å²) in [6, 6.07) is 16.2. The van der Waals surface area contributed by atoms with Crippen molar-refractivity contribution >= 4 is 17.3 Å². The van der Waals surface area contributed by atoms with Crippen LogP contribution < -0.4 is 5.32 Å². The Hall–Kier alpha value is -4.59. The van der Waals surface area contributed by atoms with Crippen LogP contribution in [0.4, 0.5) is 10.1 Å². The fourth-order valence-corrected chi connectivity index (χ4v) is 3.34. The minimum absolute atomic E-state index is 0.0139. The van der Waals surface area contributed by atoms with Crippen LogP contribution in [0.5, 0.6) is 0 Å². The molecule has 0 saturated carbocycles. The Morgan fingerprint density at radius 2 is 1.38 bits per heavy atom. The summed E-state index contributed by atoms with van der Waals surface area (Å²) >= 11 is 0. The Kier molecular flexibility index (Phi) is 4.79. The zero-order chi connectivity index (χ0) is 22.1. The number of Topliss-reactive ketones (excluding diaryl/α,β-unsaturated/α-hetero) is 1. The SMILES string of the molecule is O=C1C=C(Nc2cccc(F)c2)C(=O)c2nc(-c3ccccn3)c(-c3ccccn3)nc21. The third-order valence-corrected chi connectivity index (χ3v) is 4.78. The fraction of sp³-hybridized carbons (Fsp3) is 0. The van der Waals surface area contributed by atoms with Gasteiger partial charge in [-0.05, 0) is 42.5 Å². The van der Waals surface area contributed by atoms with Gasteiger partial charge in [0.05, 0.1) is 17.1 Å². The molecule has 0 bridgehead atoms. The summed E-state index contributed by atoms with van der Waals surface area (Å²) < 4.78 is 13.5. The molecule has 0 atom stereocenters. The van der Waals surface area contributed by atoms with Crippen LogP contribution in [0.15, 0.2) is 84.8 Å². The lowest BCUT2D eigenvalue weighted by Crippen LogP contribution is -2.25. The highest BCUT2D eigenvalue weighted by Crippen LogP contribution is 2.30. The highest BCUT2D eigenvalue weighted by Gasteiger charge is 2.31. The fourth-order valence-electron chi connectivity index (χ4n) is 3.34. The van der Waals surface area contributed by atoms with E-state index < -0.39 is 17.4 Å². The number of carbonyl (C=O) groups excluding carboxylic acids is 2. The van der Waals surface area contributed by atoms with E-state index in [4.69, 9.17) is 0 Å². The first-order valence-corrected chi connectivity index (χ1v) is 9.68. The molecular weight excluding hydrogens is 409 g/mol. The van der Waals surface area contributed by atoms with Crippen molar-refractivity contribution in [1.29, 1.82) is 0 Å². The summed E-state index contributed by atoms with van der Waals surface area (Å²) in [6.45, 7) is 0. The van der Waals surface area contributed by atoms with Crippen LogP contribution in [-0.4, -0.2) is 31.5 Å². The van der Waals surface area contributed by atoms with Gasteiger partial charge >= 0.3 is 0 Å². The normalized spacial score (nSPS) is 12.8. The molecule has 8 heteroatoms. The quantitative estimate of drug-likeness (QED) is 0.527. The van der Waals surface area contributed by atoms with Gasteiger partial charge in [0, 0.05) is 24.2 Å². The molecule has 1 aromatic carbocycles. The van der Waals surface area contributed by atoms with Crippen molar-refractivity contribution in [2.24, 2.45) is 0 Å². The van der Waals surface area contributed by atoms with Gasteiger partial charge < -0.3 is 5.32 Å². The van der Waals surface area contributed by atoms with Crippen molar-refractivity contribution in [3.63, 3.8) is 0 Å². The van der Waals surface area contributed by atoms with E-state index in [1.807, 2.05) is 0 Å². The average molecular weight is 423 g/mol. The number of fused-ring (bicyclic) bond motifs is 1. The van der Waals surface area contributed by atoms with Crippen molar-refractivity contribution in [1.82, 2.24) is 19.9 Å². The number of aromatic nitrogens is 4. The van der Waals surface area contributed by atoms with Gasteiger partial charge in [0.15, 0.2) is 0 Å². The minimum atomic E-state index is -0.527. The maximum atomic E-state index is 13.5. The van der Waals surface area contributed by atoms with Gasteiger partial charge in [-0.25, -0.2) is 14.4 Å². The second-order valence-corrected chi connectivity index (χ2v) is 6.93. The summed E-state index contributed by atoms with van der Waals surface area (Å²) in [7, 11) is 0. The predicted octanol–water partition coefficient (Wildman–Crippen LogP) is 4.11. The number of nitrogens with zero attached hydrogens (tertiary/aromatic N) is 4. The monoisotopic (exact) mass is 423 g/mol. The van der Waals surface area contributed by atoms with Gasteiger partial charge in [0.2, 0.25) is 11.6 Å². The maximum absolute atomic E-state index is 13.5. The molecule has 32 heavy (non-hydrogen) atoms. The van der Waals surface area contributed by atoms with Crippen LogP contribution in [-0.2, 0) is 0 Å². The van der Waals surface area contributed by atoms with Crippen LogP contribution >= 0.6 is 0 Å². The second-order valence-electron chi connectivity index (χ2n) is 6.93. The number of pyridine rings is 2. The molecule has 3 aromatic heterocycles. The van der Waals surface area contributed by atoms with E-state index in [-0.39, 0.29) is 17.1 Å². The summed E-state index contributed by atoms with van der Waals surface area (Å²) in [5, 5.41) is 2.80. The van der Waals surface area contributed by atoms with Crippen LogP contribution in [0.25, 0.3) is 22.8 Å². The number of anilines is 1. The van der Waals surface area contributed by atoms with Gasteiger partial charge in [0.1, 0.15) is 28.6 Å². The molecule has 4 aromatic rings. The molecule has 3 heterocycles. The van der Waals surface area contributed by atoms with Crippen LogP contribution in [0.3, 0.4) is 0 Å². The summed E-state index contributed by atoms with van der Waals surface area (Å²) in [6.07, 6.45) is 4.35. The van der Waals surface area contributed by atoms with Crippen molar-refractivity contribution < 1.29 is 14.0 Å². The number of carbonyl (C=O) groups is 2. The molecule has 0 radical (unpaired) electrons. The third-order valence-electron chi connectivity index (χ3n) is 4.78. The number of rotatable bonds is 4. The van der Waals surface area contributed by atoms with Crippen LogP contribution in [0.2, 0.25) is 0 Å². The Balaban J connectivity index is 1.64. The van der Waals surface area contributed by atoms with E-state index in [2.05, 4.69) is 25.3 Å². The zero-order valence-corrected chi connectivity index (χ0v) is 16.5. The van der Waals surface area contributed by atoms with E-state index in [9.17, 15) is 14.0 Å². The van der Waals surface area contributed by atoms with Crippen molar-refractivity contribution in [3.05, 3.63) is 102 Å². The van der Waals surface area contributed by atoms with Gasteiger partial charge in [-0.2, -0.15) is 0 Å². The minimum Gasteiger partial charge on any atom is -0.352 e. The summed E-state index contributed by atoms with van der Waals surface area (Å²) in [5.74, 6) is -1.49. The molecular formula is C24H14FN5O2. The molecule has 5 rings (SSSR count). The van der Waals surface area contributed by atoms with Crippen molar-refractivity contribution in [3.8, 4) is 22.8 Å². The Bertz CT molecular complexity index is 1390. The topological polar surface area (TPSA) is 97.7 Å². The van der Waals surface area contributed by atoms with E-state index in [1.54, 1.807) is 54.9 Å². The maximum Gasteiger partial charge on any atom is 0.230 e. The number of benzene rings is 1. The molecule has 154 valence electrons. The lowest BCUT2D eigenvalue weighted by Gasteiger charge is -2.18. The largest absolute Gasteiger partial charge is 0.352 e. The zero-order valence-electron chi connectivity index (χ0n) is 16.5. The van der Waals surface area contributed by atoms with E-state index in [1.165, 1.54) is 18.2 Å².